The topological polar surface area (TPSA) is 76.9 Å². The minimum absolute atomic E-state index is 0.268. The van der Waals surface area contributed by atoms with Crippen LogP contribution in [-0.4, -0.2) is 20.6 Å². The molecule has 1 aromatic carbocycles. The lowest BCUT2D eigenvalue weighted by Crippen LogP contribution is -2.33. The van der Waals surface area contributed by atoms with E-state index in [0.717, 1.165) is 32.1 Å². The number of benzene rings is 1. The van der Waals surface area contributed by atoms with E-state index in [1.807, 2.05) is 26.0 Å². The number of carbonyl (C=O) groups is 1. The zero-order valence-corrected chi connectivity index (χ0v) is 17.3. The molecule has 4 rings (SSSR count). The first-order valence-corrected chi connectivity index (χ1v) is 10.5. The highest BCUT2D eigenvalue weighted by molar-refractivity contribution is 7.18. The van der Waals surface area contributed by atoms with Crippen molar-refractivity contribution < 1.29 is 4.79 Å². The van der Waals surface area contributed by atoms with E-state index in [4.69, 9.17) is 0 Å². The fourth-order valence-electron chi connectivity index (χ4n) is 2.87. The number of rotatable bonds is 4. The Hall–Kier alpha value is -2.84. The Balaban J connectivity index is 1.60. The second-order valence-electron chi connectivity index (χ2n) is 6.41. The van der Waals surface area contributed by atoms with Crippen LogP contribution in [0.15, 0.2) is 40.8 Å². The van der Waals surface area contributed by atoms with Crippen LogP contribution in [0.1, 0.15) is 33.4 Å². The average Bonchev–Trinajstić information content (AvgIpc) is 3.30. The Morgan fingerprint density at radius 1 is 1.21 bits per heavy atom. The van der Waals surface area contributed by atoms with Crippen LogP contribution >= 0.6 is 22.7 Å². The zero-order valence-electron chi connectivity index (χ0n) is 15.6. The van der Waals surface area contributed by atoms with Gasteiger partial charge in [-0.05, 0) is 31.4 Å². The number of fused-ring (bicyclic) bond motifs is 1. The van der Waals surface area contributed by atoms with Gasteiger partial charge >= 0.3 is 0 Å². The molecule has 0 aliphatic rings. The number of nitrogens with zero attached hydrogens (tertiary/aromatic N) is 3. The molecule has 142 valence electrons. The molecule has 3 heterocycles. The molecule has 0 saturated heterocycles. The van der Waals surface area contributed by atoms with E-state index in [-0.39, 0.29) is 11.3 Å². The van der Waals surface area contributed by atoms with Gasteiger partial charge in [-0.25, -0.2) is 14.6 Å². The van der Waals surface area contributed by atoms with Crippen LogP contribution in [-0.2, 0) is 6.42 Å². The minimum atomic E-state index is -0.444. The van der Waals surface area contributed by atoms with Gasteiger partial charge < -0.3 is 0 Å². The van der Waals surface area contributed by atoms with E-state index in [1.165, 1.54) is 34.6 Å². The van der Waals surface area contributed by atoms with Gasteiger partial charge in [0, 0.05) is 15.8 Å². The minimum Gasteiger partial charge on any atom is -0.267 e. The highest BCUT2D eigenvalue weighted by Crippen LogP contribution is 2.26. The van der Waals surface area contributed by atoms with Crippen molar-refractivity contribution >= 4 is 38.8 Å². The van der Waals surface area contributed by atoms with Crippen molar-refractivity contribution in [1.82, 2.24) is 14.6 Å². The second-order valence-corrected chi connectivity index (χ2v) is 8.47. The lowest BCUT2D eigenvalue weighted by Gasteiger charge is -2.06. The van der Waals surface area contributed by atoms with E-state index in [9.17, 15) is 9.59 Å². The summed E-state index contributed by atoms with van der Waals surface area (Å²) in [6, 6.07) is 8.12. The van der Waals surface area contributed by atoms with Crippen molar-refractivity contribution in [2.75, 3.05) is 5.43 Å². The normalized spacial score (nSPS) is 11.1. The smallest absolute Gasteiger partial charge is 0.267 e. The van der Waals surface area contributed by atoms with Crippen molar-refractivity contribution in [3.8, 4) is 10.6 Å². The van der Waals surface area contributed by atoms with Crippen LogP contribution in [0.2, 0.25) is 0 Å². The third-order valence-corrected chi connectivity index (χ3v) is 6.66. The summed E-state index contributed by atoms with van der Waals surface area (Å²) in [5.74, 6) is -0.444. The Morgan fingerprint density at radius 2 is 1.96 bits per heavy atom. The molecule has 0 spiro atoms. The summed E-state index contributed by atoms with van der Waals surface area (Å²) < 4.78 is 1.12. The first-order chi connectivity index (χ1) is 13.5. The lowest BCUT2D eigenvalue weighted by molar-refractivity contribution is 0.100. The Morgan fingerprint density at radius 3 is 2.68 bits per heavy atom. The predicted molar refractivity (Wildman–Crippen MR) is 114 cm³/mol. The van der Waals surface area contributed by atoms with Gasteiger partial charge in [0.05, 0.1) is 5.39 Å². The van der Waals surface area contributed by atoms with Gasteiger partial charge in [-0.15, -0.1) is 22.7 Å². The number of carbonyl (C=O) groups excluding carboxylic acids is 1. The number of aryl methyl sites for hydroxylation is 3. The van der Waals surface area contributed by atoms with E-state index in [1.54, 1.807) is 5.38 Å². The third kappa shape index (κ3) is 3.25. The summed E-state index contributed by atoms with van der Waals surface area (Å²) in [5, 5.41) is 2.99. The molecule has 0 bridgehead atoms. The van der Waals surface area contributed by atoms with Crippen LogP contribution in [0.25, 0.3) is 20.8 Å². The molecule has 1 amide bonds. The molecule has 0 aliphatic carbocycles. The standard InChI is InChI=1S/C20H18N4O2S2/c1-4-13-5-7-14(8-6-13)18-22-15(9-27-18)17(25)23-24-10-21-19-16(20(24)26)11(2)12(3)28-19/h5-10H,4H2,1-3H3,(H,23,25). The SMILES string of the molecule is CCc1ccc(-c2nc(C(=O)Nn3cnc4sc(C)c(C)c4c3=O)cs2)cc1. The maximum Gasteiger partial charge on any atom is 0.289 e. The number of thiazole rings is 1. The highest BCUT2D eigenvalue weighted by Gasteiger charge is 2.16. The summed E-state index contributed by atoms with van der Waals surface area (Å²) in [4.78, 5) is 35.7. The van der Waals surface area contributed by atoms with Crippen molar-refractivity contribution in [2.24, 2.45) is 0 Å². The molecule has 28 heavy (non-hydrogen) atoms. The molecule has 6 nitrogen and oxygen atoms in total. The van der Waals surface area contributed by atoms with E-state index >= 15 is 0 Å². The molecule has 0 aliphatic heterocycles. The summed E-state index contributed by atoms with van der Waals surface area (Å²) >= 11 is 2.87. The third-order valence-electron chi connectivity index (χ3n) is 4.66. The Labute approximate surface area is 169 Å². The fraction of sp³-hybridized carbons (Fsp3) is 0.200. The largest absolute Gasteiger partial charge is 0.289 e. The maximum absolute atomic E-state index is 12.7. The quantitative estimate of drug-likeness (QED) is 0.548. The molecule has 3 aromatic heterocycles. The number of thiophene rings is 1. The van der Waals surface area contributed by atoms with Gasteiger partial charge in [-0.3, -0.25) is 15.0 Å². The molecule has 0 saturated carbocycles. The average molecular weight is 411 g/mol. The number of nitrogens with one attached hydrogen (secondary N) is 1. The van der Waals surface area contributed by atoms with Crippen molar-refractivity contribution in [2.45, 2.75) is 27.2 Å². The second kappa shape index (κ2) is 7.29. The highest BCUT2D eigenvalue weighted by atomic mass is 32.1. The van der Waals surface area contributed by atoms with Gasteiger partial charge in [-0.2, -0.15) is 0 Å². The number of amides is 1. The van der Waals surface area contributed by atoms with Crippen molar-refractivity contribution in [3.63, 3.8) is 0 Å². The molecule has 0 radical (unpaired) electrons. The number of hydrogen-bond acceptors (Lipinski definition) is 6. The van der Waals surface area contributed by atoms with Crippen molar-refractivity contribution in [1.29, 1.82) is 0 Å². The first kappa shape index (κ1) is 18.5. The fourth-order valence-corrected chi connectivity index (χ4v) is 4.67. The molecular weight excluding hydrogens is 392 g/mol. The van der Waals surface area contributed by atoms with Crippen LogP contribution in [0.4, 0.5) is 0 Å². The van der Waals surface area contributed by atoms with Gasteiger partial charge in [0.15, 0.2) is 0 Å². The monoisotopic (exact) mass is 410 g/mol. The summed E-state index contributed by atoms with van der Waals surface area (Å²) in [7, 11) is 0. The summed E-state index contributed by atoms with van der Waals surface area (Å²) in [6.07, 6.45) is 2.32. The Bertz CT molecular complexity index is 1240. The van der Waals surface area contributed by atoms with E-state index in [2.05, 4.69) is 34.5 Å². The Kier molecular flexibility index (Phi) is 4.82. The number of aromatic nitrogens is 3. The first-order valence-electron chi connectivity index (χ1n) is 8.81. The number of hydrogen-bond donors (Lipinski definition) is 1. The molecule has 4 aromatic rings. The summed E-state index contributed by atoms with van der Waals surface area (Å²) in [5.41, 5.74) is 5.68. The van der Waals surface area contributed by atoms with Crippen LogP contribution in [0.3, 0.4) is 0 Å². The molecule has 0 unspecified atom stereocenters. The van der Waals surface area contributed by atoms with E-state index in [0.29, 0.717) is 10.2 Å². The molecule has 0 fully saturated rings. The predicted octanol–water partition coefficient (Wildman–Crippen LogP) is 4.14. The maximum atomic E-state index is 12.7. The zero-order chi connectivity index (χ0) is 19.8. The van der Waals surface area contributed by atoms with Crippen LogP contribution < -0.4 is 11.0 Å². The van der Waals surface area contributed by atoms with Gasteiger partial charge in [0.25, 0.3) is 11.5 Å². The molecule has 0 atom stereocenters. The molecule has 8 heteroatoms. The van der Waals surface area contributed by atoms with Crippen LogP contribution in [0, 0.1) is 13.8 Å². The summed E-state index contributed by atoms with van der Waals surface area (Å²) in [6.45, 7) is 5.95. The van der Waals surface area contributed by atoms with Gasteiger partial charge in [0.1, 0.15) is 21.9 Å². The van der Waals surface area contributed by atoms with E-state index < -0.39 is 5.91 Å². The van der Waals surface area contributed by atoms with Gasteiger partial charge in [0.2, 0.25) is 0 Å². The molecule has 1 N–H and O–H groups in total. The van der Waals surface area contributed by atoms with Crippen LogP contribution in [0.5, 0.6) is 0 Å². The van der Waals surface area contributed by atoms with Crippen molar-refractivity contribution in [3.05, 3.63) is 68.0 Å². The molecular formula is C20H18N4O2S2. The van der Waals surface area contributed by atoms with Gasteiger partial charge in [-0.1, -0.05) is 31.2 Å². The lowest BCUT2D eigenvalue weighted by atomic mass is 10.1.